The fourth-order valence-corrected chi connectivity index (χ4v) is 2.10. The molecule has 0 saturated carbocycles. The Morgan fingerprint density at radius 3 is 2.35 bits per heavy atom. The minimum absolute atomic E-state index is 0.117. The van der Waals surface area contributed by atoms with Gasteiger partial charge in [0.2, 0.25) is 6.08 Å². The molecule has 0 aliphatic heterocycles. The lowest BCUT2D eigenvalue weighted by atomic mass is 10.1. The molecule has 0 spiro atoms. The van der Waals surface area contributed by atoms with E-state index in [1.54, 1.807) is 6.07 Å². The van der Waals surface area contributed by atoms with Crippen molar-refractivity contribution in [2.75, 3.05) is 21.3 Å². The average molecular weight is 302 g/mol. The molecule has 92 valence electrons. The summed E-state index contributed by atoms with van der Waals surface area (Å²) in [5.74, 6) is 1.59. The molecular weight excluding hydrogens is 290 g/mol. The Morgan fingerprint density at radius 2 is 1.88 bits per heavy atom. The van der Waals surface area contributed by atoms with E-state index in [0.29, 0.717) is 27.3 Å². The van der Waals surface area contributed by atoms with Crippen LogP contribution in [-0.2, 0) is 11.3 Å². The maximum absolute atomic E-state index is 10.2. The molecular formula is C11H12BrNO4. The quantitative estimate of drug-likeness (QED) is 0.618. The molecule has 0 N–H and O–H groups in total. The maximum atomic E-state index is 10.2. The summed E-state index contributed by atoms with van der Waals surface area (Å²) < 4.78 is 16.4. The summed E-state index contributed by atoms with van der Waals surface area (Å²) in [6.07, 6.45) is 1.48. The lowest BCUT2D eigenvalue weighted by molar-refractivity contribution is 0.343. The second-order valence-corrected chi connectivity index (χ2v) is 3.87. The SMILES string of the molecule is COc1cc(Br)c(OC)c(CN=C=O)c1OC. The molecule has 0 heterocycles. The van der Waals surface area contributed by atoms with E-state index in [2.05, 4.69) is 20.9 Å². The van der Waals surface area contributed by atoms with Crippen LogP contribution in [-0.4, -0.2) is 27.4 Å². The molecule has 1 rings (SSSR count). The maximum Gasteiger partial charge on any atom is 0.235 e. The van der Waals surface area contributed by atoms with Gasteiger partial charge in [-0.2, -0.15) is 0 Å². The Labute approximate surface area is 108 Å². The molecule has 1 aromatic carbocycles. The summed E-state index contributed by atoms with van der Waals surface area (Å²) in [5.41, 5.74) is 0.629. The van der Waals surface area contributed by atoms with Gasteiger partial charge in [0.05, 0.1) is 37.9 Å². The van der Waals surface area contributed by atoms with Gasteiger partial charge in [-0.25, -0.2) is 9.79 Å². The number of rotatable bonds is 5. The molecule has 0 unspecified atom stereocenters. The predicted molar refractivity (Wildman–Crippen MR) is 65.6 cm³/mol. The normalized spacial score (nSPS) is 9.41. The van der Waals surface area contributed by atoms with E-state index >= 15 is 0 Å². The Balaban J connectivity index is 3.45. The van der Waals surface area contributed by atoms with E-state index in [4.69, 9.17) is 14.2 Å². The molecule has 0 aromatic heterocycles. The number of ether oxygens (including phenoxy) is 3. The van der Waals surface area contributed by atoms with E-state index in [1.165, 1.54) is 27.4 Å². The van der Waals surface area contributed by atoms with Crippen molar-refractivity contribution in [1.82, 2.24) is 0 Å². The van der Waals surface area contributed by atoms with Crippen LogP contribution in [0.25, 0.3) is 0 Å². The first-order chi connectivity index (χ1) is 8.19. The lowest BCUT2D eigenvalue weighted by Crippen LogP contribution is -2.00. The van der Waals surface area contributed by atoms with Gasteiger partial charge in [0.1, 0.15) is 5.75 Å². The van der Waals surface area contributed by atoms with Crippen LogP contribution in [0.5, 0.6) is 17.2 Å². The largest absolute Gasteiger partial charge is 0.495 e. The first-order valence-electron chi connectivity index (χ1n) is 4.70. The first-order valence-corrected chi connectivity index (χ1v) is 5.49. The monoisotopic (exact) mass is 301 g/mol. The van der Waals surface area contributed by atoms with Gasteiger partial charge >= 0.3 is 0 Å². The fourth-order valence-electron chi connectivity index (χ4n) is 1.49. The summed E-state index contributed by atoms with van der Waals surface area (Å²) in [7, 11) is 4.57. The molecule has 17 heavy (non-hydrogen) atoms. The van der Waals surface area contributed by atoms with E-state index in [9.17, 15) is 4.79 Å². The van der Waals surface area contributed by atoms with Crippen molar-refractivity contribution in [2.24, 2.45) is 4.99 Å². The number of benzene rings is 1. The first kappa shape index (κ1) is 13.5. The second-order valence-electron chi connectivity index (χ2n) is 3.01. The highest BCUT2D eigenvalue weighted by atomic mass is 79.9. The van der Waals surface area contributed by atoms with Crippen LogP contribution in [0.15, 0.2) is 15.5 Å². The van der Waals surface area contributed by atoms with Crippen LogP contribution in [0.4, 0.5) is 0 Å². The Morgan fingerprint density at radius 1 is 1.24 bits per heavy atom. The summed E-state index contributed by atoms with van der Waals surface area (Å²) >= 11 is 3.35. The molecule has 0 amide bonds. The standard InChI is InChI=1S/C11H12BrNO4/c1-15-9-4-8(12)10(16-2)7(5-13-6-14)11(9)17-3/h4H,5H2,1-3H3. The van der Waals surface area contributed by atoms with Crippen molar-refractivity contribution in [3.63, 3.8) is 0 Å². The number of nitrogens with zero attached hydrogens (tertiary/aromatic N) is 1. The minimum Gasteiger partial charge on any atom is -0.495 e. The van der Waals surface area contributed by atoms with Crippen LogP contribution in [0, 0.1) is 0 Å². The number of hydrogen-bond acceptors (Lipinski definition) is 5. The van der Waals surface area contributed by atoms with E-state index in [-0.39, 0.29) is 6.54 Å². The highest BCUT2D eigenvalue weighted by molar-refractivity contribution is 9.10. The topological polar surface area (TPSA) is 57.1 Å². The molecule has 1 aromatic rings. The highest BCUT2D eigenvalue weighted by Gasteiger charge is 2.18. The van der Waals surface area contributed by atoms with Crippen molar-refractivity contribution < 1.29 is 19.0 Å². The van der Waals surface area contributed by atoms with Crippen molar-refractivity contribution >= 4 is 22.0 Å². The van der Waals surface area contributed by atoms with Crippen LogP contribution in [0.2, 0.25) is 0 Å². The van der Waals surface area contributed by atoms with Gasteiger partial charge in [-0.15, -0.1) is 0 Å². The summed E-state index contributed by atoms with van der Waals surface area (Å²) in [6, 6.07) is 1.73. The van der Waals surface area contributed by atoms with Crippen molar-refractivity contribution in [3.05, 3.63) is 16.1 Å². The average Bonchev–Trinajstić information content (AvgIpc) is 2.35. The van der Waals surface area contributed by atoms with Crippen LogP contribution < -0.4 is 14.2 Å². The smallest absolute Gasteiger partial charge is 0.235 e. The number of hydrogen-bond donors (Lipinski definition) is 0. The van der Waals surface area contributed by atoms with Gasteiger partial charge in [0.15, 0.2) is 11.5 Å². The Hall–Kier alpha value is -1.52. The van der Waals surface area contributed by atoms with Gasteiger partial charge in [0.25, 0.3) is 0 Å². The summed E-state index contributed by atoms with van der Waals surface area (Å²) in [4.78, 5) is 13.7. The van der Waals surface area contributed by atoms with Crippen LogP contribution in [0.3, 0.4) is 0 Å². The molecule has 0 atom stereocenters. The zero-order chi connectivity index (χ0) is 12.8. The number of isocyanates is 1. The highest BCUT2D eigenvalue weighted by Crippen LogP contribution is 2.43. The number of aliphatic imine (C=N–C) groups is 1. The van der Waals surface area contributed by atoms with E-state index < -0.39 is 0 Å². The lowest BCUT2D eigenvalue weighted by Gasteiger charge is -2.16. The number of methoxy groups -OCH3 is 3. The fraction of sp³-hybridized carbons (Fsp3) is 0.364. The third-order valence-electron chi connectivity index (χ3n) is 2.18. The van der Waals surface area contributed by atoms with Gasteiger partial charge in [-0.05, 0) is 15.9 Å². The van der Waals surface area contributed by atoms with Crippen molar-refractivity contribution in [2.45, 2.75) is 6.54 Å². The van der Waals surface area contributed by atoms with Gasteiger partial charge < -0.3 is 14.2 Å². The number of halogens is 1. The molecule has 0 aliphatic rings. The third-order valence-corrected chi connectivity index (χ3v) is 2.77. The zero-order valence-corrected chi connectivity index (χ0v) is 11.3. The number of carbonyl (C=O) groups excluding carboxylic acids is 1. The van der Waals surface area contributed by atoms with Crippen molar-refractivity contribution in [1.29, 1.82) is 0 Å². The van der Waals surface area contributed by atoms with Gasteiger partial charge in [-0.3, -0.25) is 0 Å². The van der Waals surface area contributed by atoms with E-state index in [1.807, 2.05) is 0 Å². The minimum atomic E-state index is 0.117. The molecule has 0 radical (unpaired) electrons. The molecule has 0 fully saturated rings. The van der Waals surface area contributed by atoms with Crippen molar-refractivity contribution in [3.8, 4) is 17.2 Å². The molecule has 0 bridgehead atoms. The van der Waals surface area contributed by atoms with E-state index in [0.717, 1.165) is 0 Å². The summed E-state index contributed by atoms with van der Waals surface area (Å²) in [5, 5.41) is 0. The van der Waals surface area contributed by atoms with Crippen LogP contribution in [0.1, 0.15) is 5.56 Å². The Bertz CT molecular complexity index is 455. The summed E-state index contributed by atoms with van der Waals surface area (Å²) in [6.45, 7) is 0.117. The molecule has 0 aliphatic carbocycles. The van der Waals surface area contributed by atoms with Gasteiger partial charge in [-0.1, -0.05) is 0 Å². The second kappa shape index (κ2) is 6.27. The molecule has 0 saturated heterocycles. The molecule has 6 heteroatoms. The third kappa shape index (κ3) is 2.78. The molecule has 5 nitrogen and oxygen atoms in total. The zero-order valence-electron chi connectivity index (χ0n) is 9.74. The predicted octanol–water partition coefficient (Wildman–Crippen LogP) is 2.31. The van der Waals surface area contributed by atoms with Crippen LogP contribution >= 0.6 is 15.9 Å². The Kier molecular flexibility index (Phi) is 5.00. The van der Waals surface area contributed by atoms with Gasteiger partial charge in [0, 0.05) is 6.07 Å².